The van der Waals surface area contributed by atoms with Crippen LogP contribution in [0.3, 0.4) is 0 Å². The van der Waals surface area contributed by atoms with E-state index in [0.717, 1.165) is 32.1 Å². The van der Waals surface area contributed by atoms with Crippen LogP contribution in [-0.2, 0) is 9.53 Å². The van der Waals surface area contributed by atoms with Crippen LogP contribution in [0.5, 0.6) is 0 Å². The number of carbonyl (C=O) groups is 1. The first-order chi connectivity index (χ1) is 8.54. The molecule has 1 N–H and O–H groups in total. The van der Waals surface area contributed by atoms with Crippen molar-refractivity contribution in [1.29, 1.82) is 0 Å². The summed E-state index contributed by atoms with van der Waals surface area (Å²) in [5, 5.41) is 3.18. The molecule has 0 aromatic rings. The number of ether oxygens (including phenoxy) is 1. The Kier molecular flexibility index (Phi) is 4.54. The van der Waals surface area contributed by atoms with Crippen molar-refractivity contribution < 1.29 is 9.53 Å². The van der Waals surface area contributed by atoms with Gasteiger partial charge in [0.05, 0.1) is 11.6 Å². The highest BCUT2D eigenvalue weighted by Crippen LogP contribution is 2.33. The first-order valence-corrected chi connectivity index (χ1v) is 7.61. The molecule has 4 unspecified atom stereocenters. The molecule has 104 valence electrons. The average molecular weight is 274 g/mol. The Balaban J connectivity index is 1.95. The molecular weight excluding hydrogens is 250 g/mol. The second-order valence-corrected chi connectivity index (χ2v) is 6.38. The first-order valence-electron chi connectivity index (χ1n) is 7.08. The summed E-state index contributed by atoms with van der Waals surface area (Å²) in [6.45, 7) is 4.26. The Hall–Kier alpha value is -0.280. The molecule has 1 amide bonds. The number of hydrogen-bond acceptors (Lipinski definition) is 2. The second kappa shape index (κ2) is 5.79. The highest BCUT2D eigenvalue weighted by atomic mass is 35.5. The van der Waals surface area contributed by atoms with Crippen molar-refractivity contribution in [3.8, 4) is 0 Å². The van der Waals surface area contributed by atoms with Crippen LogP contribution in [0.15, 0.2) is 0 Å². The van der Waals surface area contributed by atoms with E-state index < -0.39 is 0 Å². The van der Waals surface area contributed by atoms with E-state index in [1.807, 2.05) is 6.92 Å². The molecule has 0 aromatic heterocycles. The lowest BCUT2D eigenvalue weighted by Crippen LogP contribution is -2.55. The lowest BCUT2D eigenvalue weighted by Gasteiger charge is -2.40. The van der Waals surface area contributed by atoms with E-state index >= 15 is 0 Å². The van der Waals surface area contributed by atoms with E-state index in [9.17, 15) is 4.79 Å². The zero-order valence-corrected chi connectivity index (χ0v) is 12.1. The fourth-order valence-corrected chi connectivity index (χ4v) is 3.58. The third kappa shape index (κ3) is 3.18. The molecule has 0 spiro atoms. The summed E-state index contributed by atoms with van der Waals surface area (Å²) in [7, 11) is 0. The van der Waals surface area contributed by atoms with Gasteiger partial charge in [0.1, 0.15) is 6.10 Å². The highest BCUT2D eigenvalue weighted by molar-refractivity contribution is 6.18. The topological polar surface area (TPSA) is 38.3 Å². The number of halogens is 1. The van der Waals surface area contributed by atoms with Crippen LogP contribution in [-0.4, -0.2) is 29.5 Å². The van der Waals surface area contributed by atoms with Gasteiger partial charge in [-0.25, -0.2) is 0 Å². The Morgan fingerprint density at radius 3 is 2.72 bits per heavy atom. The third-order valence-corrected chi connectivity index (χ3v) is 4.77. The zero-order valence-electron chi connectivity index (χ0n) is 11.4. The summed E-state index contributed by atoms with van der Waals surface area (Å²) in [5.41, 5.74) is -0.203. The van der Waals surface area contributed by atoms with Crippen molar-refractivity contribution in [3.63, 3.8) is 0 Å². The Morgan fingerprint density at radius 1 is 1.39 bits per heavy atom. The van der Waals surface area contributed by atoms with E-state index in [0.29, 0.717) is 11.8 Å². The van der Waals surface area contributed by atoms with Crippen molar-refractivity contribution >= 4 is 17.5 Å². The van der Waals surface area contributed by atoms with Gasteiger partial charge in [0.15, 0.2) is 0 Å². The molecule has 4 atom stereocenters. The molecule has 2 fully saturated rings. The SMILES string of the molecule is CC1CCCC(CCl)(NC(=O)C2CCC(C)O2)C1. The number of nitrogens with one attached hydrogen (secondary N) is 1. The van der Waals surface area contributed by atoms with Crippen LogP contribution < -0.4 is 5.32 Å². The van der Waals surface area contributed by atoms with Gasteiger partial charge in [-0.2, -0.15) is 0 Å². The fourth-order valence-electron chi connectivity index (χ4n) is 3.27. The predicted molar refractivity (Wildman–Crippen MR) is 72.8 cm³/mol. The Labute approximate surface area is 115 Å². The number of carbonyl (C=O) groups excluding carboxylic acids is 1. The van der Waals surface area contributed by atoms with Gasteiger partial charge in [-0.3, -0.25) is 4.79 Å². The summed E-state index contributed by atoms with van der Waals surface area (Å²) >= 11 is 6.13. The van der Waals surface area contributed by atoms with Crippen LogP contribution in [0.1, 0.15) is 52.4 Å². The van der Waals surface area contributed by atoms with Crippen molar-refractivity contribution in [2.45, 2.75) is 70.1 Å². The van der Waals surface area contributed by atoms with Crippen molar-refractivity contribution in [1.82, 2.24) is 5.32 Å². The molecule has 0 radical (unpaired) electrons. The molecule has 1 saturated carbocycles. The summed E-state index contributed by atoms with van der Waals surface area (Å²) < 4.78 is 5.63. The molecular formula is C14H24ClNO2. The first kappa shape index (κ1) is 14.1. The Morgan fingerprint density at radius 2 is 2.17 bits per heavy atom. The molecule has 0 aromatic carbocycles. The molecule has 1 heterocycles. The van der Waals surface area contributed by atoms with Crippen LogP contribution in [0.2, 0.25) is 0 Å². The van der Waals surface area contributed by atoms with Gasteiger partial charge in [-0.05, 0) is 38.5 Å². The lowest BCUT2D eigenvalue weighted by molar-refractivity contribution is -0.134. The molecule has 1 aliphatic carbocycles. The quantitative estimate of drug-likeness (QED) is 0.803. The van der Waals surface area contributed by atoms with E-state index in [1.165, 1.54) is 6.42 Å². The number of hydrogen-bond donors (Lipinski definition) is 1. The summed E-state index contributed by atoms with van der Waals surface area (Å²) in [6.07, 6.45) is 6.12. The normalized spacial score (nSPS) is 40.7. The molecule has 18 heavy (non-hydrogen) atoms. The maximum absolute atomic E-state index is 12.2. The minimum absolute atomic E-state index is 0.0362. The molecule has 2 aliphatic rings. The smallest absolute Gasteiger partial charge is 0.249 e. The minimum Gasteiger partial charge on any atom is -0.365 e. The van der Waals surface area contributed by atoms with Gasteiger partial charge < -0.3 is 10.1 Å². The average Bonchev–Trinajstić information content (AvgIpc) is 2.76. The zero-order chi connectivity index (χ0) is 13.2. The van der Waals surface area contributed by atoms with Gasteiger partial charge in [0, 0.05) is 5.88 Å². The van der Waals surface area contributed by atoms with Crippen LogP contribution in [0.25, 0.3) is 0 Å². The van der Waals surface area contributed by atoms with E-state index in [2.05, 4.69) is 12.2 Å². The molecule has 1 aliphatic heterocycles. The van der Waals surface area contributed by atoms with Crippen LogP contribution >= 0.6 is 11.6 Å². The standard InChI is InChI=1S/C14H24ClNO2/c1-10-4-3-7-14(8-10,9-15)16-13(17)12-6-5-11(2)18-12/h10-12H,3-9H2,1-2H3,(H,16,17). The monoisotopic (exact) mass is 273 g/mol. The summed E-state index contributed by atoms with van der Waals surface area (Å²) in [4.78, 5) is 12.2. The number of alkyl halides is 1. The number of amides is 1. The largest absolute Gasteiger partial charge is 0.365 e. The fraction of sp³-hybridized carbons (Fsp3) is 0.929. The molecule has 3 nitrogen and oxygen atoms in total. The van der Waals surface area contributed by atoms with Gasteiger partial charge in [0.2, 0.25) is 5.91 Å². The molecule has 1 saturated heterocycles. The van der Waals surface area contributed by atoms with Crippen molar-refractivity contribution in [2.75, 3.05) is 5.88 Å². The number of rotatable bonds is 3. The van der Waals surface area contributed by atoms with E-state index in [1.54, 1.807) is 0 Å². The van der Waals surface area contributed by atoms with Gasteiger partial charge in [0.25, 0.3) is 0 Å². The van der Waals surface area contributed by atoms with Crippen LogP contribution in [0.4, 0.5) is 0 Å². The van der Waals surface area contributed by atoms with Gasteiger partial charge in [-0.15, -0.1) is 11.6 Å². The predicted octanol–water partition coefficient (Wildman–Crippen LogP) is 2.86. The highest BCUT2D eigenvalue weighted by Gasteiger charge is 2.38. The molecule has 4 heteroatoms. The summed E-state index contributed by atoms with van der Waals surface area (Å²) in [5.74, 6) is 1.18. The van der Waals surface area contributed by atoms with E-state index in [4.69, 9.17) is 16.3 Å². The summed E-state index contributed by atoms with van der Waals surface area (Å²) in [6, 6.07) is 0. The minimum atomic E-state index is -0.266. The van der Waals surface area contributed by atoms with Gasteiger partial charge in [-0.1, -0.05) is 19.8 Å². The van der Waals surface area contributed by atoms with Crippen LogP contribution in [0, 0.1) is 5.92 Å². The Bertz CT molecular complexity index is 310. The third-order valence-electron chi connectivity index (χ3n) is 4.26. The van der Waals surface area contributed by atoms with Gasteiger partial charge >= 0.3 is 0 Å². The van der Waals surface area contributed by atoms with E-state index in [-0.39, 0.29) is 23.7 Å². The maximum atomic E-state index is 12.2. The maximum Gasteiger partial charge on any atom is 0.249 e. The van der Waals surface area contributed by atoms with Crippen molar-refractivity contribution in [2.24, 2.45) is 5.92 Å². The lowest BCUT2D eigenvalue weighted by atomic mass is 9.77. The van der Waals surface area contributed by atoms with Crippen molar-refractivity contribution in [3.05, 3.63) is 0 Å². The molecule has 2 rings (SSSR count). The molecule has 0 bridgehead atoms. The second-order valence-electron chi connectivity index (χ2n) is 6.12.